The molecule has 0 spiro atoms. The zero-order valence-electron chi connectivity index (χ0n) is 9.69. The number of nitrogens with zero attached hydrogens (tertiary/aromatic N) is 1. The molecule has 96 valence electrons. The van der Waals surface area contributed by atoms with E-state index in [1.54, 1.807) is 6.92 Å². The molecule has 0 unspecified atom stereocenters. The van der Waals surface area contributed by atoms with Crippen LogP contribution in [0.4, 0.5) is 4.79 Å². The number of urea groups is 1. The summed E-state index contributed by atoms with van der Waals surface area (Å²) >= 11 is 1.04. The lowest BCUT2D eigenvalue weighted by Gasteiger charge is -2.07. The third-order valence-electron chi connectivity index (χ3n) is 2.04. The van der Waals surface area contributed by atoms with Gasteiger partial charge in [-0.3, -0.25) is 0 Å². The molecule has 0 aliphatic heterocycles. The van der Waals surface area contributed by atoms with E-state index in [9.17, 15) is 13.2 Å². The second-order valence-corrected chi connectivity index (χ2v) is 5.76. The molecular formula is C9H15N3O3S2. The zero-order chi connectivity index (χ0) is 12.9. The van der Waals surface area contributed by atoms with Gasteiger partial charge in [-0.25, -0.2) is 17.9 Å². The van der Waals surface area contributed by atoms with Gasteiger partial charge in [0, 0.05) is 11.9 Å². The quantitative estimate of drug-likeness (QED) is 0.793. The largest absolute Gasteiger partial charge is 0.337 e. The molecule has 8 heteroatoms. The van der Waals surface area contributed by atoms with Crippen molar-refractivity contribution in [1.82, 2.24) is 14.4 Å². The van der Waals surface area contributed by atoms with Gasteiger partial charge in [0.2, 0.25) is 0 Å². The molecule has 0 aromatic carbocycles. The lowest BCUT2D eigenvalue weighted by Crippen LogP contribution is -2.39. The highest BCUT2D eigenvalue weighted by Gasteiger charge is 2.21. The van der Waals surface area contributed by atoms with Crippen molar-refractivity contribution in [3.63, 3.8) is 0 Å². The average molecular weight is 277 g/mol. The Morgan fingerprint density at radius 2 is 2.24 bits per heavy atom. The molecule has 0 aliphatic carbocycles. The van der Waals surface area contributed by atoms with Gasteiger partial charge in [0.05, 0.1) is 5.69 Å². The molecule has 0 saturated heterocycles. The van der Waals surface area contributed by atoms with Gasteiger partial charge in [0.1, 0.15) is 4.90 Å². The first-order valence-corrected chi connectivity index (χ1v) is 7.51. The molecule has 2 N–H and O–H groups in total. The second kappa shape index (κ2) is 5.97. The molecule has 1 aromatic heterocycles. The van der Waals surface area contributed by atoms with Gasteiger partial charge in [0.25, 0.3) is 10.0 Å². The molecule has 17 heavy (non-hydrogen) atoms. The minimum Gasteiger partial charge on any atom is -0.337 e. The van der Waals surface area contributed by atoms with Crippen LogP contribution in [0.2, 0.25) is 0 Å². The number of amides is 2. The smallest absolute Gasteiger partial charge is 0.328 e. The molecule has 0 fully saturated rings. The number of hydrogen-bond acceptors (Lipinski definition) is 5. The first kappa shape index (κ1) is 13.9. The molecule has 0 aliphatic rings. The van der Waals surface area contributed by atoms with Crippen LogP contribution >= 0.6 is 11.5 Å². The number of aromatic nitrogens is 1. The fourth-order valence-corrected chi connectivity index (χ4v) is 3.26. The monoisotopic (exact) mass is 277 g/mol. The van der Waals surface area contributed by atoms with Crippen LogP contribution in [0.15, 0.2) is 10.3 Å². The summed E-state index contributed by atoms with van der Waals surface area (Å²) in [6.45, 7) is 4.02. The first-order valence-electron chi connectivity index (χ1n) is 5.19. The summed E-state index contributed by atoms with van der Waals surface area (Å²) in [5.74, 6) is 0. The standard InChI is InChI=1S/C9H15N3O3S2/c1-3-4-5-10-9(13)12-17(14,15)8-6-16-11-7(8)2/h6H,3-5H2,1-2H3,(H2,10,12,13). The van der Waals surface area contributed by atoms with Crippen molar-refractivity contribution in [1.29, 1.82) is 0 Å². The van der Waals surface area contributed by atoms with Gasteiger partial charge in [-0.05, 0) is 24.9 Å². The Labute approximate surface area is 105 Å². The van der Waals surface area contributed by atoms with Crippen molar-refractivity contribution in [2.24, 2.45) is 0 Å². The molecule has 6 nitrogen and oxygen atoms in total. The molecule has 0 saturated carbocycles. The fraction of sp³-hybridized carbons (Fsp3) is 0.556. The third kappa shape index (κ3) is 3.97. The van der Waals surface area contributed by atoms with Gasteiger partial charge >= 0.3 is 6.03 Å². The summed E-state index contributed by atoms with van der Waals surface area (Å²) < 4.78 is 29.3. The fourth-order valence-electron chi connectivity index (χ4n) is 1.13. The number of rotatable bonds is 5. The maximum Gasteiger partial charge on any atom is 0.328 e. The number of aryl methyl sites for hydroxylation is 1. The number of unbranched alkanes of at least 4 members (excludes halogenated alkanes) is 1. The summed E-state index contributed by atoms with van der Waals surface area (Å²) in [6, 6.07) is -0.705. The molecule has 0 radical (unpaired) electrons. The van der Waals surface area contributed by atoms with E-state index in [2.05, 4.69) is 9.69 Å². The normalized spacial score (nSPS) is 11.2. The highest BCUT2D eigenvalue weighted by molar-refractivity contribution is 7.90. The number of carbonyl (C=O) groups is 1. The average Bonchev–Trinajstić information content (AvgIpc) is 2.64. The summed E-state index contributed by atoms with van der Waals surface area (Å²) in [7, 11) is -3.80. The molecule has 0 bridgehead atoms. The van der Waals surface area contributed by atoms with Crippen LogP contribution in [-0.2, 0) is 10.0 Å². The van der Waals surface area contributed by atoms with Crippen LogP contribution in [-0.4, -0.2) is 25.4 Å². The van der Waals surface area contributed by atoms with Gasteiger partial charge in [-0.2, -0.15) is 4.37 Å². The number of sulfonamides is 1. The minimum atomic E-state index is -3.80. The number of carbonyl (C=O) groups excluding carboxylic acids is 1. The van der Waals surface area contributed by atoms with Gasteiger partial charge < -0.3 is 5.32 Å². The molecule has 0 atom stereocenters. The number of hydrogen-bond donors (Lipinski definition) is 2. The van der Waals surface area contributed by atoms with Crippen molar-refractivity contribution in [3.8, 4) is 0 Å². The topological polar surface area (TPSA) is 88.2 Å². The lowest BCUT2D eigenvalue weighted by molar-refractivity contribution is 0.245. The summed E-state index contributed by atoms with van der Waals surface area (Å²) in [4.78, 5) is 11.4. The van der Waals surface area contributed by atoms with E-state index >= 15 is 0 Å². The number of nitrogens with one attached hydrogen (secondary N) is 2. The van der Waals surface area contributed by atoms with E-state index in [-0.39, 0.29) is 4.90 Å². The predicted octanol–water partition coefficient (Wildman–Crippen LogP) is 1.24. The van der Waals surface area contributed by atoms with Crippen molar-refractivity contribution in [2.75, 3.05) is 6.54 Å². The molecule has 1 aromatic rings. The summed E-state index contributed by atoms with van der Waals surface area (Å²) in [6.07, 6.45) is 1.74. The maximum atomic E-state index is 11.8. The third-order valence-corrected chi connectivity index (χ3v) is 4.35. The van der Waals surface area contributed by atoms with E-state index in [1.165, 1.54) is 5.38 Å². The first-order chi connectivity index (χ1) is 7.97. The van der Waals surface area contributed by atoms with E-state index < -0.39 is 16.1 Å². The Balaban J connectivity index is 2.62. The van der Waals surface area contributed by atoms with E-state index in [0.717, 1.165) is 24.4 Å². The van der Waals surface area contributed by atoms with Crippen molar-refractivity contribution >= 4 is 27.6 Å². The zero-order valence-corrected chi connectivity index (χ0v) is 11.3. The Kier molecular flexibility index (Phi) is 4.88. The Hall–Kier alpha value is -1.15. The van der Waals surface area contributed by atoms with Crippen LogP contribution < -0.4 is 10.0 Å². The molecule has 1 rings (SSSR count). The predicted molar refractivity (Wildman–Crippen MR) is 65.5 cm³/mol. The van der Waals surface area contributed by atoms with Crippen molar-refractivity contribution in [3.05, 3.63) is 11.1 Å². The summed E-state index contributed by atoms with van der Waals surface area (Å²) in [5.41, 5.74) is 0.392. The van der Waals surface area contributed by atoms with E-state index in [4.69, 9.17) is 0 Å². The Bertz CT molecular complexity index is 481. The van der Waals surface area contributed by atoms with Gasteiger partial charge in [-0.15, -0.1) is 0 Å². The lowest BCUT2D eigenvalue weighted by atomic mass is 10.3. The SMILES string of the molecule is CCCCNC(=O)NS(=O)(=O)c1csnc1C. The van der Waals surface area contributed by atoms with Crippen LogP contribution in [0, 0.1) is 6.92 Å². The van der Waals surface area contributed by atoms with Crippen LogP contribution in [0.25, 0.3) is 0 Å². The summed E-state index contributed by atoms with van der Waals surface area (Å²) in [5, 5.41) is 3.87. The minimum absolute atomic E-state index is 0.0492. The maximum absolute atomic E-state index is 11.8. The Morgan fingerprint density at radius 1 is 1.53 bits per heavy atom. The molecular weight excluding hydrogens is 262 g/mol. The van der Waals surface area contributed by atoms with Crippen molar-refractivity contribution < 1.29 is 13.2 Å². The molecule has 1 heterocycles. The Morgan fingerprint density at radius 3 is 2.76 bits per heavy atom. The van der Waals surface area contributed by atoms with Crippen molar-refractivity contribution in [2.45, 2.75) is 31.6 Å². The highest BCUT2D eigenvalue weighted by atomic mass is 32.2. The van der Waals surface area contributed by atoms with Crippen LogP contribution in [0.3, 0.4) is 0 Å². The van der Waals surface area contributed by atoms with E-state index in [0.29, 0.717) is 12.2 Å². The van der Waals surface area contributed by atoms with Gasteiger partial charge in [0.15, 0.2) is 0 Å². The molecule has 2 amide bonds. The van der Waals surface area contributed by atoms with Gasteiger partial charge in [-0.1, -0.05) is 13.3 Å². The van der Waals surface area contributed by atoms with E-state index in [1.807, 2.05) is 11.6 Å². The van der Waals surface area contributed by atoms with Crippen LogP contribution in [0.1, 0.15) is 25.5 Å². The second-order valence-electron chi connectivity index (χ2n) is 3.48. The highest BCUT2D eigenvalue weighted by Crippen LogP contribution is 2.15. The van der Waals surface area contributed by atoms with Crippen LogP contribution in [0.5, 0.6) is 0 Å².